The Bertz CT molecular complexity index is 275. The zero-order chi connectivity index (χ0) is 16.8. The first-order valence-corrected chi connectivity index (χ1v) is 9.96. The lowest BCUT2D eigenvalue weighted by Crippen LogP contribution is -2.46. The molecular weight excluding hydrogens is 306 g/mol. The van der Waals surface area contributed by atoms with Gasteiger partial charge in [0.25, 0.3) is 0 Å². The number of ether oxygens (including phenoxy) is 1. The number of hydrogen-bond donors (Lipinski definition) is 1. The number of carbonyl (C=O) groups excluding carboxylic acids is 1. The Labute approximate surface area is 134 Å². The van der Waals surface area contributed by atoms with Gasteiger partial charge in [-0.3, -0.25) is 0 Å². The summed E-state index contributed by atoms with van der Waals surface area (Å²) >= 11 is 0. The minimum Gasteiger partial charge on any atom is -0.450 e. The van der Waals surface area contributed by atoms with Crippen molar-refractivity contribution in [3.8, 4) is 0 Å². The summed E-state index contributed by atoms with van der Waals surface area (Å²) in [7, 11) is -2.68. The molecule has 0 aromatic heterocycles. The van der Waals surface area contributed by atoms with Crippen LogP contribution in [0.4, 0.5) is 4.79 Å². The minimum atomic E-state index is -2.68. The molecular formula is C14H31NO6Si. The van der Waals surface area contributed by atoms with Crippen LogP contribution in [-0.2, 0) is 18.0 Å². The molecule has 1 amide bonds. The fraction of sp³-hybridized carbons (Fsp3) is 0.929. The number of amides is 1. The zero-order valence-corrected chi connectivity index (χ0v) is 15.3. The smallest absolute Gasteiger partial charge is 0.450 e. The Balaban J connectivity index is 4.56. The Hall–Kier alpha value is -0.673. The molecule has 0 aliphatic carbocycles. The molecule has 0 aliphatic rings. The van der Waals surface area contributed by atoms with Crippen LogP contribution in [0, 0.1) is 0 Å². The summed E-state index contributed by atoms with van der Waals surface area (Å²) in [6, 6.07) is 0.629. The van der Waals surface area contributed by atoms with E-state index in [9.17, 15) is 4.79 Å². The van der Waals surface area contributed by atoms with Gasteiger partial charge in [0, 0.05) is 39.0 Å². The van der Waals surface area contributed by atoms with Gasteiger partial charge in [-0.15, -0.1) is 0 Å². The van der Waals surface area contributed by atoms with Crippen molar-refractivity contribution in [1.29, 1.82) is 0 Å². The van der Waals surface area contributed by atoms with Gasteiger partial charge in [0.2, 0.25) is 0 Å². The number of rotatable bonds is 13. The van der Waals surface area contributed by atoms with E-state index in [1.54, 1.807) is 6.92 Å². The lowest BCUT2D eigenvalue weighted by atomic mass is 10.4. The Morgan fingerprint density at radius 1 is 0.955 bits per heavy atom. The van der Waals surface area contributed by atoms with Gasteiger partial charge in [0.1, 0.15) is 0 Å². The highest BCUT2D eigenvalue weighted by Gasteiger charge is 2.39. The molecule has 0 aromatic rings. The second kappa shape index (κ2) is 12.8. The van der Waals surface area contributed by atoms with Crippen LogP contribution in [0.15, 0.2) is 0 Å². The maximum absolute atomic E-state index is 11.8. The van der Waals surface area contributed by atoms with Gasteiger partial charge in [-0.1, -0.05) is 0 Å². The van der Waals surface area contributed by atoms with E-state index in [2.05, 4.69) is 0 Å². The average Bonchev–Trinajstić information content (AvgIpc) is 2.47. The Kier molecular flexibility index (Phi) is 12.4. The van der Waals surface area contributed by atoms with Crippen LogP contribution in [-0.4, -0.2) is 71.0 Å². The van der Waals surface area contributed by atoms with Gasteiger partial charge in [-0.25, -0.2) is 4.79 Å². The summed E-state index contributed by atoms with van der Waals surface area (Å²) in [5.74, 6) is 0. The van der Waals surface area contributed by atoms with Crippen LogP contribution in [0.1, 0.15) is 34.1 Å². The molecule has 0 bridgehead atoms. The van der Waals surface area contributed by atoms with E-state index in [4.69, 9.17) is 23.1 Å². The molecule has 132 valence electrons. The number of nitrogens with zero attached hydrogens (tertiary/aromatic N) is 1. The summed E-state index contributed by atoms with van der Waals surface area (Å²) in [4.78, 5) is 13.3. The van der Waals surface area contributed by atoms with Crippen molar-refractivity contribution < 1.29 is 27.9 Å². The highest BCUT2D eigenvalue weighted by molar-refractivity contribution is 6.60. The molecule has 0 unspecified atom stereocenters. The van der Waals surface area contributed by atoms with E-state index in [1.807, 2.05) is 20.8 Å². The lowest BCUT2D eigenvalue weighted by Gasteiger charge is -2.29. The van der Waals surface area contributed by atoms with Crippen LogP contribution in [0.3, 0.4) is 0 Å². The first-order chi connectivity index (χ1) is 10.6. The largest absolute Gasteiger partial charge is 0.500 e. The molecule has 1 N–H and O–H groups in total. The number of aliphatic hydroxyl groups excluding tert-OH is 1. The predicted molar refractivity (Wildman–Crippen MR) is 85.7 cm³/mol. The van der Waals surface area contributed by atoms with Crippen molar-refractivity contribution in [2.75, 3.05) is 46.1 Å². The summed E-state index contributed by atoms with van der Waals surface area (Å²) < 4.78 is 22.3. The molecule has 0 heterocycles. The second-order valence-corrected chi connectivity index (χ2v) is 7.23. The summed E-state index contributed by atoms with van der Waals surface area (Å²) in [6.45, 7) is 10.0. The van der Waals surface area contributed by atoms with Gasteiger partial charge >= 0.3 is 14.9 Å². The molecule has 0 saturated carbocycles. The van der Waals surface area contributed by atoms with Crippen molar-refractivity contribution in [2.45, 2.75) is 40.2 Å². The third-order valence-corrected chi connectivity index (χ3v) is 6.05. The quantitative estimate of drug-likeness (QED) is 0.517. The monoisotopic (exact) mass is 337 g/mol. The van der Waals surface area contributed by atoms with E-state index in [0.29, 0.717) is 45.4 Å². The molecule has 7 nitrogen and oxygen atoms in total. The second-order valence-electron chi connectivity index (χ2n) is 4.50. The topological polar surface area (TPSA) is 77.5 Å². The molecule has 0 spiro atoms. The normalized spacial score (nSPS) is 11.5. The van der Waals surface area contributed by atoms with Crippen LogP contribution in [0.5, 0.6) is 0 Å². The van der Waals surface area contributed by atoms with Gasteiger partial charge in [0.15, 0.2) is 0 Å². The fourth-order valence-corrected chi connectivity index (χ4v) is 4.71. The maximum Gasteiger partial charge on any atom is 0.500 e. The number of hydrogen-bond acceptors (Lipinski definition) is 6. The lowest BCUT2D eigenvalue weighted by molar-refractivity contribution is 0.0681. The summed E-state index contributed by atoms with van der Waals surface area (Å²) in [5, 5.41) is 9.05. The van der Waals surface area contributed by atoms with Gasteiger partial charge in [-0.2, -0.15) is 0 Å². The van der Waals surface area contributed by atoms with E-state index in [-0.39, 0.29) is 13.2 Å². The van der Waals surface area contributed by atoms with Crippen LogP contribution in [0.25, 0.3) is 0 Å². The third kappa shape index (κ3) is 8.09. The number of aliphatic hydroxyl groups is 1. The Morgan fingerprint density at radius 2 is 1.50 bits per heavy atom. The minimum absolute atomic E-state index is 0.0935. The SMILES string of the molecule is CCOC(=O)N(CCO)CCC[Si](OCC)(OCC)OCC. The highest BCUT2D eigenvalue weighted by atomic mass is 28.4. The predicted octanol–water partition coefficient (Wildman–Crippen LogP) is 1.88. The van der Waals surface area contributed by atoms with Crippen molar-refractivity contribution >= 4 is 14.9 Å². The Morgan fingerprint density at radius 3 is 1.91 bits per heavy atom. The molecule has 0 radical (unpaired) electrons. The molecule has 8 heteroatoms. The average molecular weight is 337 g/mol. The first kappa shape index (κ1) is 21.3. The standard InChI is InChI=1S/C14H31NO6Si/c1-5-18-14(17)15(11-12-16)10-9-13-22(19-6-2,20-7-3)21-8-4/h16H,5-13H2,1-4H3. The van der Waals surface area contributed by atoms with Crippen LogP contribution < -0.4 is 0 Å². The van der Waals surface area contributed by atoms with Crippen molar-refractivity contribution in [2.24, 2.45) is 0 Å². The fourth-order valence-electron chi connectivity index (χ4n) is 2.12. The summed E-state index contributed by atoms with van der Waals surface area (Å²) in [5.41, 5.74) is 0. The third-order valence-electron chi connectivity index (χ3n) is 2.90. The van der Waals surface area contributed by atoms with Crippen LogP contribution >= 0.6 is 0 Å². The number of carbonyl (C=O) groups is 1. The van der Waals surface area contributed by atoms with Crippen molar-refractivity contribution in [3.63, 3.8) is 0 Å². The van der Waals surface area contributed by atoms with Gasteiger partial charge in [-0.05, 0) is 34.1 Å². The molecule has 0 rings (SSSR count). The zero-order valence-electron chi connectivity index (χ0n) is 14.3. The van der Waals surface area contributed by atoms with Gasteiger partial charge < -0.3 is 28.0 Å². The highest BCUT2D eigenvalue weighted by Crippen LogP contribution is 2.18. The maximum atomic E-state index is 11.8. The molecule has 0 saturated heterocycles. The first-order valence-electron chi connectivity index (χ1n) is 8.03. The van der Waals surface area contributed by atoms with Crippen LogP contribution in [0.2, 0.25) is 6.04 Å². The van der Waals surface area contributed by atoms with Crippen molar-refractivity contribution in [3.05, 3.63) is 0 Å². The molecule has 0 fully saturated rings. The molecule has 0 aliphatic heterocycles. The molecule has 0 aromatic carbocycles. The van der Waals surface area contributed by atoms with E-state index in [1.165, 1.54) is 4.90 Å². The summed E-state index contributed by atoms with van der Waals surface area (Å²) in [6.07, 6.45) is 0.262. The van der Waals surface area contributed by atoms with Gasteiger partial charge in [0.05, 0.1) is 13.2 Å². The van der Waals surface area contributed by atoms with E-state index < -0.39 is 14.9 Å². The van der Waals surface area contributed by atoms with E-state index in [0.717, 1.165) is 0 Å². The molecule has 22 heavy (non-hydrogen) atoms. The van der Waals surface area contributed by atoms with Crippen molar-refractivity contribution in [1.82, 2.24) is 4.90 Å². The van der Waals surface area contributed by atoms with E-state index >= 15 is 0 Å². The molecule has 0 atom stereocenters.